The zero-order valence-electron chi connectivity index (χ0n) is 10.1. The second-order valence-corrected chi connectivity index (χ2v) is 5.65. The van der Waals surface area contributed by atoms with Crippen molar-refractivity contribution < 1.29 is 22.3 Å². The van der Waals surface area contributed by atoms with Gasteiger partial charge in [-0.1, -0.05) is 6.07 Å². The van der Waals surface area contributed by atoms with Crippen LogP contribution in [0.2, 0.25) is 0 Å². The Hall–Kier alpha value is -1.47. The number of halogens is 1. The molecule has 100 valence electrons. The molecule has 0 radical (unpaired) electrons. The van der Waals surface area contributed by atoms with E-state index in [1.807, 2.05) is 0 Å². The third-order valence-corrected chi connectivity index (χ3v) is 4.22. The van der Waals surface area contributed by atoms with Crippen molar-refractivity contribution in [3.63, 3.8) is 0 Å². The van der Waals surface area contributed by atoms with Gasteiger partial charge in [0.1, 0.15) is 5.82 Å². The van der Waals surface area contributed by atoms with Gasteiger partial charge in [0.2, 0.25) is 10.0 Å². The minimum Gasteiger partial charge on any atom is -0.469 e. The van der Waals surface area contributed by atoms with Crippen molar-refractivity contribution in [1.29, 1.82) is 0 Å². The van der Waals surface area contributed by atoms with E-state index in [-0.39, 0.29) is 17.9 Å². The van der Waals surface area contributed by atoms with Gasteiger partial charge in [-0.2, -0.15) is 0 Å². The summed E-state index contributed by atoms with van der Waals surface area (Å²) in [5.74, 6) is -1.13. The highest BCUT2D eigenvalue weighted by Crippen LogP contribution is 2.15. The molecule has 0 bridgehead atoms. The second kappa shape index (κ2) is 5.92. The molecule has 5 nitrogen and oxygen atoms in total. The van der Waals surface area contributed by atoms with Gasteiger partial charge < -0.3 is 4.74 Å². The minimum atomic E-state index is -3.78. The molecule has 1 aromatic carbocycles. The molecule has 0 spiro atoms. The Bertz CT molecular complexity index is 530. The Balaban J connectivity index is 2.83. The molecule has 0 aliphatic rings. The largest absolute Gasteiger partial charge is 0.469 e. The first kappa shape index (κ1) is 14.6. The van der Waals surface area contributed by atoms with E-state index in [2.05, 4.69) is 4.74 Å². The lowest BCUT2D eigenvalue weighted by molar-refractivity contribution is -0.140. The highest BCUT2D eigenvalue weighted by Gasteiger charge is 2.21. The number of carbonyl (C=O) groups excluding carboxylic acids is 1. The minimum absolute atomic E-state index is 0.0223. The monoisotopic (exact) mass is 275 g/mol. The highest BCUT2D eigenvalue weighted by atomic mass is 32.2. The summed E-state index contributed by atoms with van der Waals surface area (Å²) in [5, 5.41) is 0. The van der Waals surface area contributed by atoms with Gasteiger partial charge in [0, 0.05) is 13.6 Å². The topological polar surface area (TPSA) is 63.7 Å². The Labute approximate surface area is 105 Å². The smallest absolute Gasteiger partial charge is 0.306 e. The van der Waals surface area contributed by atoms with Crippen LogP contribution in [0.3, 0.4) is 0 Å². The predicted molar refractivity (Wildman–Crippen MR) is 62.8 cm³/mol. The molecule has 1 aromatic rings. The molecule has 0 saturated carbocycles. The van der Waals surface area contributed by atoms with Gasteiger partial charge in [-0.05, 0) is 18.2 Å². The first-order chi connectivity index (χ1) is 8.37. The molecular weight excluding hydrogens is 261 g/mol. The van der Waals surface area contributed by atoms with E-state index in [4.69, 9.17) is 0 Å². The molecule has 0 fully saturated rings. The number of hydrogen-bond acceptors (Lipinski definition) is 4. The van der Waals surface area contributed by atoms with E-state index < -0.39 is 21.8 Å². The van der Waals surface area contributed by atoms with E-state index in [1.54, 1.807) is 0 Å². The second-order valence-electron chi connectivity index (χ2n) is 3.61. The summed E-state index contributed by atoms with van der Waals surface area (Å²) in [6.45, 7) is -0.0223. The maximum atomic E-state index is 13.0. The fourth-order valence-electron chi connectivity index (χ4n) is 1.28. The predicted octanol–water partition coefficient (Wildman–Crippen LogP) is 1.01. The van der Waals surface area contributed by atoms with E-state index in [0.29, 0.717) is 0 Å². The van der Waals surface area contributed by atoms with Crippen LogP contribution in [0.25, 0.3) is 0 Å². The first-order valence-corrected chi connectivity index (χ1v) is 6.60. The molecule has 0 unspecified atom stereocenters. The molecule has 0 aliphatic carbocycles. The maximum absolute atomic E-state index is 13.0. The van der Waals surface area contributed by atoms with Crippen LogP contribution < -0.4 is 0 Å². The van der Waals surface area contributed by atoms with Gasteiger partial charge in [-0.15, -0.1) is 0 Å². The number of rotatable bonds is 5. The third kappa shape index (κ3) is 3.51. The molecule has 18 heavy (non-hydrogen) atoms. The molecule has 0 aromatic heterocycles. The van der Waals surface area contributed by atoms with Gasteiger partial charge in [-0.25, -0.2) is 17.1 Å². The van der Waals surface area contributed by atoms with Gasteiger partial charge in [0.05, 0.1) is 18.4 Å². The number of nitrogens with zero attached hydrogens (tertiary/aromatic N) is 1. The number of ether oxygens (including phenoxy) is 1. The molecule has 0 saturated heterocycles. The van der Waals surface area contributed by atoms with Crippen molar-refractivity contribution in [3.8, 4) is 0 Å². The summed E-state index contributed by atoms with van der Waals surface area (Å²) >= 11 is 0. The molecule has 0 atom stereocenters. The molecule has 0 aliphatic heterocycles. The molecule has 7 heteroatoms. The van der Waals surface area contributed by atoms with E-state index in [1.165, 1.54) is 26.3 Å². The Morgan fingerprint density at radius 3 is 2.67 bits per heavy atom. The fraction of sp³-hybridized carbons (Fsp3) is 0.364. The lowest BCUT2D eigenvalue weighted by atomic mass is 10.4. The summed E-state index contributed by atoms with van der Waals surface area (Å²) in [5.41, 5.74) is 0. The number of sulfonamides is 1. The van der Waals surface area contributed by atoms with Crippen LogP contribution in [-0.2, 0) is 19.6 Å². The zero-order valence-corrected chi connectivity index (χ0v) is 10.9. The van der Waals surface area contributed by atoms with E-state index in [0.717, 1.165) is 16.4 Å². The van der Waals surface area contributed by atoms with Crippen molar-refractivity contribution >= 4 is 16.0 Å². The number of methoxy groups -OCH3 is 1. The third-order valence-electron chi connectivity index (χ3n) is 2.36. The van der Waals surface area contributed by atoms with Crippen LogP contribution in [-0.4, -0.2) is 39.4 Å². The highest BCUT2D eigenvalue weighted by molar-refractivity contribution is 7.89. The normalized spacial score (nSPS) is 11.6. The average Bonchev–Trinajstić information content (AvgIpc) is 2.35. The number of hydrogen-bond donors (Lipinski definition) is 0. The summed E-state index contributed by atoms with van der Waals surface area (Å²) in [7, 11) is -1.23. The zero-order chi connectivity index (χ0) is 13.8. The van der Waals surface area contributed by atoms with Crippen molar-refractivity contribution in [3.05, 3.63) is 30.1 Å². The van der Waals surface area contributed by atoms with Crippen LogP contribution in [0.15, 0.2) is 29.2 Å². The molecule has 0 heterocycles. The Kier molecular flexibility index (Phi) is 4.80. The van der Waals surface area contributed by atoms with Crippen LogP contribution in [0.5, 0.6) is 0 Å². The van der Waals surface area contributed by atoms with Gasteiger partial charge in [-0.3, -0.25) is 4.79 Å². The lowest BCUT2D eigenvalue weighted by Gasteiger charge is -2.16. The van der Waals surface area contributed by atoms with Crippen molar-refractivity contribution in [2.45, 2.75) is 11.3 Å². The number of esters is 1. The first-order valence-electron chi connectivity index (χ1n) is 5.16. The number of carbonyl (C=O) groups is 1. The molecule has 0 amide bonds. The van der Waals surface area contributed by atoms with E-state index >= 15 is 0 Å². The van der Waals surface area contributed by atoms with E-state index in [9.17, 15) is 17.6 Å². The maximum Gasteiger partial charge on any atom is 0.306 e. The van der Waals surface area contributed by atoms with Crippen LogP contribution in [0.4, 0.5) is 4.39 Å². The molecule has 0 N–H and O–H groups in total. The summed E-state index contributed by atoms with van der Waals surface area (Å²) in [6.07, 6.45) is -0.0540. The quantitative estimate of drug-likeness (QED) is 0.752. The van der Waals surface area contributed by atoms with Crippen LogP contribution >= 0.6 is 0 Å². The summed E-state index contributed by atoms with van der Waals surface area (Å²) in [6, 6.07) is 4.71. The Morgan fingerprint density at radius 1 is 1.44 bits per heavy atom. The lowest BCUT2D eigenvalue weighted by Crippen LogP contribution is -2.29. The van der Waals surface area contributed by atoms with Crippen LogP contribution in [0.1, 0.15) is 6.42 Å². The van der Waals surface area contributed by atoms with Gasteiger partial charge in [0.15, 0.2) is 0 Å². The molecular formula is C11H14FNO4S. The molecule has 1 rings (SSSR count). The van der Waals surface area contributed by atoms with Crippen molar-refractivity contribution in [1.82, 2.24) is 4.31 Å². The Morgan fingerprint density at radius 2 is 2.11 bits per heavy atom. The SMILES string of the molecule is COC(=O)CCN(C)S(=O)(=O)c1cccc(F)c1. The van der Waals surface area contributed by atoms with Crippen LogP contribution in [0, 0.1) is 5.82 Å². The fourth-order valence-corrected chi connectivity index (χ4v) is 2.48. The summed E-state index contributed by atoms with van der Waals surface area (Å²) < 4.78 is 42.4. The van der Waals surface area contributed by atoms with Gasteiger partial charge >= 0.3 is 5.97 Å². The standard InChI is InChI=1S/C11H14FNO4S/c1-13(7-6-11(14)17-2)18(15,16)10-5-3-4-9(12)8-10/h3-5,8H,6-7H2,1-2H3. The summed E-state index contributed by atoms with van der Waals surface area (Å²) in [4.78, 5) is 10.8. The van der Waals surface area contributed by atoms with Crippen molar-refractivity contribution in [2.24, 2.45) is 0 Å². The van der Waals surface area contributed by atoms with Gasteiger partial charge in [0.25, 0.3) is 0 Å². The van der Waals surface area contributed by atoms with Crippen molar-refractivity contribution in [2.75, 3.05) is 20.7 Å². The number of benzene rings is 1. The average molecular weight is 275 g/mol.